The number of benzene rings is 2. The van der Waals surface area contributed by atoms with Crippen molar-refractivity contribution in [2.75, 3.05) is 6.61 Å². The second kappa shape index (κ2) is 6.28. The van der Waals surface area contributed by atoms with Crippen LogP contribution in [0.25, 0.3) is 0 Å². The van der Waals surface area contributed by atoms with Crippen LogP contribution < -0.4 is 0 Å². The summed E-state index contributed by atoms with van der Waals surface area (Å²) in [6.07, 6.45) is 1.75. The maximum Gasteiger partial charge on any atom is 0.318 e. The number of ether oxygens (including phenoxy) is 2. The van der Waals surface area contributed by atoms with E-state index >= 15 is 0 Å². The molecular formula is C24H24O4. The Bertz CT molecular complexity index is 915. The van der Waals surface area contributed by atoms with E-state index in [1.54, 1.807) is 0 Å². The second-order valence-corrected chi connectivity index (χ2v) is 8.13. The fraction of sp³-hybridized carbons (Fsp3) is 0.417. The number of unbranched alkanes of at least 4 members (excludes halogenated alkanes) is 1. The molecule has 0 N–H and O–H groups in total. The molecule has 4 heteroatoms. The lowest BCUT2D eigenvalue weighted by Crippen LogP contribution is -2.59. The van der Waals surface area contributed by atoms with Gasteiger partial charge in [-0.1, -0.05) is 61.9 Å². The summed E-state index contributed by atoms with van der Waals surface area (Å²) >= 11 is 0. The van der Waals surface area contributed by atoms with Crippen molar-refractivity contribution >= 4 is 11.9 Å². The molecule has 3 aliphatic carbocycles. The second-order valence-electron chi connectivity index (χ2n) is 8.13. The van der Waals surface area contributed by atoms with Crippen LogP contribution in [0.1, 0.15) is 54.9 Å². The van der Waals surface area contributed by atoms with Crippen LogP contribution in [0.2, 0.25) is 0 Å². The van der Waals surface area contributed by atoms with E-state index in [4.69, 9.17) is 9.47 Å². The van der Waals surface area contributed by atoms with Crippen molar-refractivity contribution in [3.63, 3.8) is 0 Å². The first-order valence-electron chi connectivity index (χ1n) is 10.2. The van der Waals surface area contributed by atoms with Crippen molar-refractivity contribution in [1.82, 2.24) is 0 Å². The van der Waals surface area contributed by atoms with Crippen molar-refractivity contribution < 1.29 is 19.1 Å². The quantitative estimate of drug-likeness (QED) is 0.450. The number of rotatable bonds is 5. The molecule has 2 bridgehead atoms. The summed E-state index contributed by atoms with van der Waals surface area (Å²) in [5, 5.41) is 0. The van der Waals surface area contributed by atoms with Gasteiger partial charge in [-0.3, -0.25) is 9.59 Å². The number of cyclic esters (lactones) is 2. The lowest BCUT2D eigenvalue weighted by atomic mass is 9.46. The van der Waals surface area contributed by atoms with Gasteiger partial charge in [-0.15, -0.1) is 0 Å². The third-order valence-corrected chi connectivity index (χ3v) is 6.93. The summed E-state index contributed by atoms with van der Waals surface area (Å²) in [4.78, 5) is 25.7. The molecule has 2 aromatic carbocycles. The van der Waals surface area contributed by atoms with Crippen molar-refractivity contribution in [3.8, 4) is 0 Å². The van der Waals surface area contributed by atoms with Crippen LogP contribution in [0.15, 0.2) is 48.5 Å². The summed E-state index contributed by atoms with van der Waals surface area (Å²) in [7, 11) is 0. The molecule has 0 amide bonds. The van der Waals surface area contributed by atoms with E-state index in [1.165, 1.54) is 0 Å². The smallest absolute Gasteiger partial charge is 0.318 e. The number of hydrogen-bond donors (Lipinski definition) is 0. The van der Waals surface area contributed by atoms with E-state index in [1.807, 2.05) is 31.2 Å². The van der Waals surface area contributed by atoms with Gasteiger partial charge in [-0.05, 0) is 35.6 Å². The molecule has 4 aliphatic rings. The van der Waals surface area contributed by atoms with E-state index in [2.05, 4.69) is 31.2 Å². The molecular weight excluding hydrogens is 352 g/mol. The van der Waals surface area contributed by atoms with Gasteiger partial charge in [0.25, 0.3) is 0 Å². The summed E-state index contributed by atoms with van der Waals surface area (Å²) in [5.41, 5.74) is 3.76. The lowest BCUT2D eigenvalue weighted by Gasteiger charge is -2.55. The average molecular weight is 376 g/mol. The van der Waals surface area contributed by atoms with E-state index in [0.29, 0.717) is 6.61 Å². The van der Waals surface area contributed by atoms with Gasteiger partial charge in [0, 0.05) is 12.5 Å². The van der Waals surface area contributed by atoms with Crippen molar-refractivity contribution in [2.45, 2.75) is 44.1 Å². The molecule has 1 fully saturated rings. The first-order valence-corrected chi connectivity index (χ1v) is 10.2. The van der Waals surface area contributed by atoms with Gasteiger partial charge in [0.2, 0.25) is 0 Å². The van der Waals surface area contributed by atoms with Crippen LogP contribution in [0, 0.1) is 11.8 Å². The van der Waals surface area contributed by atoms with Gasteiger partial charge in [0.05, 0.1) is 23.4 Å². The zero-order valence-corrected chi connectivity index (χ0v) is 16.2. The normalized spacial score (nSPS) is 30.4. The first-order chi connectivity index (χ1) is 13.6. The Kier molecular flexibility index (Phi) is 3.95. The summed E-state index contributed by atoms with van der Waals surface area (Å²) < 4.78 is 11.5. The van der Waals surface area contributed by atoms with Crippen LogP contribution in [0.3, 0.4) is 0 Å². The van der Waals surface area contributed by atoms with Crippen LogP contribution >= 0.6 is 0 Å². The molecule has 0 spiro atoms. The van der Waals surface area contributed by atoms with E-state index in [9.17, 15) is 9.59 Å². The predicted molar refractivity (Wildman–Crippen MR) is 104 cm³/mol. The van der Waals surface area contributed by atoms with E-state index in [-0.39, 0.29) is 12.0 Å². The third-order valence-electron chi connectivity index (χ3n) is 6.93. The molecule has 1 heterocycles. The summed E-state index contributed by atoms with van der Waals surface area (Å²) in [6.45, 7) is 4.81. The molecule has 1 saturated heterocycles. The average Bonchev–Trinajstić information content (AvgIpc) is 3.03. The molecule has 3 atom stereocenters. The van der Waals surface area contributed by atoms with E-state index in [0.717, 1.165) is 35.1 Å². The van der Waals surface area contributed by atoms with Gasteiger partial charge >= 0.3 is 11.9 Å². The Balaban J connectivity index is 1.80. The van der Waals surface area contributed by atoms with Crippen molar-refractivity contribution in [1.29, 1.82) is 0 Å². The van der Waals surface area contributed by atoms with E-state index < -0.39 is 29.2 Å². The highest BCUT2D eigenvalue weighted by atomic mass is 16.6. The predicted octanol–water partition coefficient (Wildman–Crippen LogP) is 3.95. The Morgan fingerprint density at radius 2 is 1.61 bits per heavy atom. The molecule has 2 unspecified atom stereocenters. The topological polar surface area (TPSA) is 52.6 Å². The minimum atomic E-state index is -0.705. The van der Waals surface area contributed by atoms with Gasteiger partial charge < -0.3 is 9.47 Å². The molecule has 1 aliphatic heterocycles. The fourth-order valence-corrected chi connectivity index (χ4v) is 5.86. The van der Waals surface area contributed by atoms with Gasteiger partial charge in [-0.25, -0.2) is 0 Å². The van der Waals surface area contributed by atoms with Gasteiger partial charge in [0.15, 0.2) is 0 Å². The summed E-state index contributed by atoms with van der Waals surface area (Å²) in [6, 6.07) is 16.4. The molecule has 0 aromatic heterocycles. The maximum absolute atomic E-state index is 13.0. The van der Waals surface area contributed by atoms with Crippen molar-refractivity contribution in [3.05, 3.63) is 70.8 Å². The number of esters is 2. The Hall–Kier alpha value is -2.46. The number of carbonyl (C=O) groups excluding carboxylic acids is 2. The van der Waals surface area contributed by atoms with Crippen molar-refractivity contribution in [2.24, 2.45) is 11.8 Å². The maximum atomic E-state index is 13.0. The molecule has 2 aromatic rings. The van der Waals surface area contributed by atoms with Crippen LogP contribution in [0.5, 0.6) is 0 Å². The molecule has 4 nitrogen and oxygen atoms in total. The molecule has 0 saturated carbocycles. The van der Waals surface area contributed by atoms with Gasteiger partial charge in [0.1, 0.15) is 0 Å². The third kappa shape index (κ3) is 2.04. The van der Waals surface area contributed by atoms with Crippen LogP contribution in [-0.2, 0) is 24.5 Å². The Morgan fingerprint density at radius 3 is 2.21 bits per heavy atom. The zero-order chi connectivity index (χ0) is 19.5. The highest BCUT2D eigenvalue weighted by molar-refractivity contribution is 6.00. The van der Waals surface area contributed by atoms with Crippen LogP contribution in [-0.4, -0.2) is 24.6 Å². The minimum Gasteiger partial charge on any atom is -0.393 e. The highest BCUT2D eigenvalue weighted by Gasteiger charge is 2.69. The SMILES string of the molecule is CCCCO[C@@H](C)C12c3ccccc3C(c3ccccc31)C1C(=O)OC(=O)C12. The summed E-state index contributed by atoms with van der Waals surface area (Å²) in [5.74, 6) is -1.95. The monoisotopic (exact) mass is 376 g/mol. The standard InChI is InChI=1S/C24H24O4/c1-3-4-13-27-14(2)24-17-11-7-5-9-15(17)19(16-10-6-8-12-18(16)24)20-21(24)23(26)28-22(20)25/h5-12,14,19-21H,3-4,13H2,1-2H3/t14-,19?,20?,21?,24?/m0/s1. The number of carbonyl (C=O) groups is 2. The fourth-order valence-electron chi connectivity index (χ4n) is 5.86. The van der Waals surface area contributed by atoms with Gasteiger partial charge in [-0.2, -0.15) is 0 Å². The number of hydrogen-bond acceptors (Lipinski definition) is 4. The highest BCUT2D eigenvalue weighted by Crippen LogP contribution is 2.65. The molecule has 0 radical (unpaired) electrons. The van der Waals surface area contributed by atoms with Crippen LogP contribution in [0.4, 0.5) is 0 Å². The molecule has 144 valence electrons. The Morgan fingerprint density at radius 1 is 1.00 bits per heavy atom. The Labute approximate surface area is 164 Å². The molecule has 28 heavy (non-hydrogen) atoms. The molecule has 6 rings (SSSR count). The zero-order valence-electron chi connectivity index (χ0n) is 16.2. The largest absolute Gasteiger partial charge is 0.393 e. The first kappa shape index (κ1) is 17.6. The minimum absolute atomic E-state index is 0.138. The lowest BCUT2D eigenvalue weighted by molar-refractivity contribution is -0.154.